The van der Waals surface area contributed by atoms with E-state index in [9.17, 15) is 9.59 Å². The molecule has 3 nitrogen and oxygen atoms in total. The minimum atomic E-state index is -0.151. The van der Waals surface area contributed by atoms with Crippen molar-refractivity contribution in [1.29, 1.82) is 0 Å². The zero-order valence-electron chi connectivity index (χ0n) is 22.1. The fourth-order valence-electron chi connectivity index (χ4n) is 6.46. The molecule has 1 aliphatic rings. The molecule has 194 valence electrons. The van der Waals surface area contributed by atoms with Gasteiger partial charge in [0.1, 0.15) is 0 Å². The van der Waals surface area contributed by atoms with Gasteiger partial charge in [-0.15, -0.1) is 0 Å². The second kappa shape index (κ2) is 10.6. The number of carbonyl (C=O) groups excluding carboxylic acids is 2. The van der Waals surface area contributed by atoms with E-state index in [1.807, 2.05) is 12.1 Å². The summed E-state index contributed by atoms with van der Waals surface area (Å²) in [5.41, 5.74) is 1.31. The number of amides is 2. The van der Waals surface area contributed by atoms with Gasteiger partial charge in [0.15, 0.2) is 0 Å². The molecule has 0 aliphatic carbocycles. The number of halogens is 1. The third-order valence-electron chi connectivity index (χ3n) is 8.41. The minimum Gasteiger partial charge on any atom is -0.274 e. The number of imide groups is 1. The predicted octanol–water partition coefficient (Wildman–Crippen LogP) is 10.0. The first-order valence-electron chi connectivity index (χ1n) is 14.3. The van der Waals surface area contributed by atoms with Crippen molar-refractivity contribution in [1.82, 2.24) is 4.90 Å². The average Bonchev–Trinajstić information content (AvgIpc) is 2.94. The maximum atomic E-state index is 13.6. The van der Waals surface area contributed by atoms with Gasteiger partial charge < -0.3 is 0 Å². The van der Waals surface area contributed by atoms with Crippen molar-refractivity contribution in [2.24, 2.45) is 0 Å². The number of fused-ring (bicyclic) bond motifs is 2. The standard InChI is InChI=1S/C34H34BrNO2/c1-2-3-4-5-6-7-8-9-10-11-21-36-33(37)27-17-15-24-22-13-12-14-26-29(35)20-19-23(30(22)26)25-16-18-28(34(36)38)32(27)31(24)25/h12-20H,2-11,21H2,1H3. The van der Waals surface area contributed by atoms with E-state index in [1.54, 1.807) is 0 Å². The van der Waals surface area contributed by atoms with E-state index in [-0.39, 0.29) is 11.8 Å². The van der Waals surface area contributed by atoms with Gasteiger partial charge in [0.2, 0.25) is 0 Å². The van der Waals surface area contributed by atoms with Crippen LogP contribution in [0.4, 0.5) is 0 Å². The molecule has 5 aromatic carbocycles. The van der Waals surface area contributed by atoms with E-state index < -0.39 is 0 Å². The molecule has 1 heterocycles. The van der Waals surface area contributed by atoms with Gasteiger partial charge >= 0.3 is 0 Å². The maximum absolute atomic E-state index is 13.6. The van der Waals surface area contributed by atoms with Gasteiger partial charge in [0.05, 0.1) is 0 Å². The number of unbranched alkanes of at least 4 members (excludes halogenated alkanes) is 9. The first-order chi connectivity index (χ1) is 18.6. The van der Waals surface area contributed by atoms with Crippen LogP contribution in [0, 0.1) is 0 Å². The first kappa shape index (κ1) is 25.3. The van der Waals surface area contributed by atoms with E-state index in [4.69, 9.17) is 0 Å². The van der Waals surface area contributed by atoms with Gasteiger partial charge in [-0.3, -0.25) is 14.5 Å². The number of hydrogen-bond acceptors (Lipinski definition) is 2. The van der Waals surface area contributed by atoms with Crippen molar-refractivity contribution < 1.29 is 9.59 Å². The van der Waals surface area contributed by atoms with Gasteiger partial charge in [-0.2, -0.15) is 0 Å². The van der Waals surface area contributed by atoms with Gasteiger partial charge in [-0.25, -0.2) is 0 Å². The molecule has 0 atom stereocenters. The summed E-state index contributed by atoms with van der Waals surface area (Å²) in [5, 5.41) is 8.75. The number of carbonyl (C=O) groups is 2. The Morgan fingerprint density at radius 1 is 0.553 bits per heavy atom. The lowest BCUT2D eigenvalue weighted by atomic mass is 9.85. The molecule has 6 rings (SSSR count). The Balaban J connectivity index is 1.26. The van der Waals surface area contributed by atoms with E-state index in [0.29, 0.717) is 17.7 Å². The summed E-state index contributed by atoms with van der Waals surface area (Å²) in [7, 11) is 0. The highest BCUT2D eigenvalue weighted by Gasteiger charge is 2.33. The Morgan fingerprint density at radius 3 is 1.68 bits per heavy atom. The topological polar surface area (TPSA) is 37.4 Å². The van der Waals surface area contributed by atoms with Gasteiger partial charge in [0.25, 0.3) is 11.8 Å². The normalized spacial score (nSPS) is 13.7. The second-order valence-corrected chi connectivity index (χ2v) is 11.7. The minimum absolute atomic E-state index is 0.151. The van der Waals surface area contributed by atoms with E-state index >= 15 is 0 Å². The van der Waals surface area contributed by atoms with Gasteiger partial charge in [0, 0.05) is 27.5 Å². The van der Waals surface area contributed by atoms with Crippen molar-refractivity contribution in [2.75, 3.05) is 6.54 Å². The molecule has 0 saturated heterocycles. The highest BCUT2D eigenvalue weighted by Crippen LogP contribution is 2.44. The average molecular weight is 569 g/mol. The number of hydrogen-bond donors (Lipinski definition) is 0. The van der Waals surface area contributed by atoms with Crippen LogP contribution < -0.4 is 0 Å². The molecular formula is C34H34BrNO2. The number of benzene rings is 5. The van der Waals surface area contributed by atoms with Crippen molar-refractivity contribution in [3.05, 3.63) is 70.2 Å². The molecule has 0 radical (unpaired) electrons. The van der Waals surface area contributed by atoms with E-state index in [0.717, 1.165) is 49.6 Å². The predicted molar refractivity (Wildman–Crippen MR) is 163 cm³/mol. The zero-order chi connectivity index (χ0) is 26.2. The molecule has 0 bridgehead atoms. The van der Waals surface area contributed by atoms with Crippen LogP contribution in [0.3, 0.4) is 0 Å². The number of rotatable bonds is 11. The van der Waals surface area contributed by atoms with Crippen LogP contribution in [0.15, 0.2) is 59.1 Å². The van der Waals surface area contributed by atoms with Gasteiger partial charge in [-0.05, 0) is 62.3 Å². The molecule has 0 N–H and O–H groups in total. The van der Waals surface area contributed by atoms with Crippen LogP contribution in [0.1, 0.15) is 91.8 Å². The largest absolute Gasteiger partial charge is 0.274 e. The number of nitrogens with zero attached hydrogens (tertiary/aromatic N) is 1. The van der Waals surface area contributed by atoms with Gasteiger partial charge in [-0.1, -0.05) is 117 Å². The summed E-state index contributed by atoms with van der Waals surface area (Å²) < 4.78 is 1.07. The summed E-state index contributed by atoms with van der Waals surface area (Å²) in [6.45, 7) is 2.75. The molecule has 1 aliphatic heterocycles. The molecule has 38 heavy (non-hydrogen) atoms. The fraction of sp³-hybridized carbons (Fsp3) is 0.353. The first-order valence-corrected chi connectivity index (χ1v) is 15.1. The Morgan fingerprint density at radius 2 is 1.05 bits per heavy atom. The zero-order valence-corrected chi connectivity index (χ0v) is 23.7. The van der Waals surface area contributed by atoms with Crippen molar-refractivity contribution in [3.8, 4) is 0 Å². The third kappa shape index (κ3) is 4.18. The van der Waals surface area contributed by atoms with Crippen molar-refractivity contribution in [2.45, 2.75) is 71.1 Å². The highest BCUT2D eigenvalue weighted by atomic mass is 79.9. The van der Waals surface area contributed by atoms with Crippen LogP contribution in [0.2, 0.25) is 0 Å². The molecular weight excluding hydrogens is 534 g/mol. The lowest BCUT2D eigenvalue weighted by molar-refractivity contribution is 0.0608. The van der Waals surface area contributed by atoms with Crippen LogP contribution in [0.25, 0.3) is 43.1 Å². The van der Waals surface area contributed by atoms with Crippen LogP contribution in [0.5, 0.6) is 0 Å². The summed E-state index contributed by atoms with van der Waals surface area (Å²) in [6, 6.07) is 18.6. The van der Waals surface area contributed by atoms with Crippen molar-refractivity contribution in [3.63, 3.8) is 0 Å². The highest BCUT2D eigenvalue weighted by molar-refractivity contribution is 9.10. The van der Waals surface area contributed by atoms with Crippen LogP contribution in [-0.2, 0) is 0 Å². The maximum Gasteiger partial charge on any atom is 0.261 e. The molecule has 0 spiro atoms. The molecule has 2 amide bonds. The summed E-state index contributed by atoms with van der Waals surface area (Å²) >= 11 is 3.72. The summed E-state index contributed by atoms with van der Waals surface area (Å²) in [4.78, 5) is 28.7. The molecule has 0 unspecified atom stereocenters. The molecule has 0 saturated carbocycles. The Hall–Kier alpha value is -2.98. The Labute approximate surface area is 232 Å². The summed E-state index contributed by atoms with van der Waals surface area (Å²) in [5.74, 6) is -0.302. The van der Waals surface area contributed by atoms with Crippen molar-refractivity contribution >= 4 is 70.8 Å². The fourth-order valence-corrected chi connectivity index (χ4v) is 6.93. The smallest absolute Gasteiger partial charge is 0.261 e. The Kier molecular flexibility index (Phi) is 7.09. The Bertz CT molecular complexity index is 1600. The lowest BCUT2D eigenvalue weighted by Crippen LogP contribution is -2.40. The molecule has 4 heteroatoms. The summed E-state index contributed by atoms with van der Waals surface area (Å²) in [6.07, 6.45) is 12.3. The van der Waals surface area contributed by atoms with E-state index in [2.05, 4.69) is 65.3 Å². The molecule has 0 aromatic heterocycles. The van der Waals surface area contributed by atoms with Crippen LogP contribution in [-0.4, -0.2) is 23.3 Å². The van der Waals surface area contributed by atoms with Crippen LogP contribution >= 0.6 is 15.9 Å². The SMILES string of the molecule is CCCCCCCCCCCCN1C(=O)c2ccc3c4cccc5c(Br)ccc(c6ccc(c2c36)C1=O)c54. The third-order valence-corrected chi connectivity index (χ3v) is 9.11. The second-order valence-electron chi connectivity index (χ2n) is 10.8. The lowest BCUT2D eigenvalue weighted by Gasteiger charge is -2.28. The molecule has 0 fully saturated rings. The monoisotopic (exact) mass is 567 g/mol. The quantitative estimate of drug-likeness (QED) is 0.0688. The van der Waals surface area contributed by atoms with E-state index in [1.165, 1.54) is 67.0 Å². The molecule has 5 aromatic rings.